The van der Waals surface area contributed by atoms with Gasteiger partial charge in [-0.2, -0.15) is 8.78 Å². The average molecular weight is 395 g/mol. The summed E-state index contributed by atoms with van der Waals surface area (Å²) in [6.07, 6.45) is 1.47. The number of rotatable bonds is 9. The van der Waals surface area contributed by atoms with Crippen LogP contribution in [-0.2, 0) is 16.1 Å². The van der Waals surface area contributed by atoms with Gasteiger partial charge in [-0.25, -0.2) is 0 Å². The normalized spacial score (nSPS) is 19.1. The fourth-order valence-corrected chi connectivity index (χ4v) is 2.56. The van der Waals surface area contributed by atoms with E-state index in [-0.39, 0.29) is 36.7 Å². The highest BCUT2D eigenvalue weighted by Crippen LogP contribution is 2.27. The lowest BCUT2D eigenvalue weighted by molar-refractivity contribution is -0.132. The Balaban J connectivity index is 0.00000338. The van der Waals surface area contributed by atoms with E-state index in [9.17, 15) is 13.6 Å². The van der Waals surface area contributed by atoms with Crippen molar-refractivity contribution in [3.63, 3.8) is 0 Å². The zero-order valence-corrected chi connectivity index (χ0v) is 15.4. The zero-order chi connectivity index (χ0) is 18.2. The highest BCUT2D eigenvalue weighted by Gasteiger charge is 2.29. The van der Waals surface area contributed by atoms with E-state index >= 15 is 0 Å². The first-order valence-electron chi connectivity index (χ1n) is 8.37. The third-order valence-corrected chi connectivity index (χ3v) is 3.84. The van der Waals surface area contributed by atoms with Crippen LogP contribution in [0.25, 0.3) is 0 Å². The predicted molar refractivity (Wildman–Crippen MR) is 94.9 cm³/mol. The van der Waals surface area contributed by atoms with Gasteiger partial charge >= 0.3 is 6.61 Å². The van der Waals surface area contributed by atoms with E-state index in [4.69, 9.17) is 15.2 Å². The van der Waals surface area contributed by atoms with Crippen LogP contribution in [0.1, 0.15) is 31.7 Å². The molecule has 1 aromatic rings. The number of nitrogens with one attached hydrogen (secondary N) is 1. The summed E-state index contributed by atoms with van der Waals surface area (Å²) in [6.45, 7) is -0.108. The molecule has 2 rings (SSSR count). The van der Waals surface area contributed by atoms with Crippen LogP contribution in [0.15, 0.2) is 18.2 Å². The molecule has 1 aliphatic rings. The van der Waals surface area contributed by atoms with E-state index in [0.29, 0.717) is 30.9 Å². The van der Waals surface area contributed by atoms with Crippen molar-refractivity contribution < 1.29 is 27.8 Å². The highest BCUT2D eigenvalue weighted by molar-refractivity contribution is 5.85. The molecule has 3 N–H and O–H groups in total. The van der Waals surface area contributed by atoms with Crippen LogP contribution >= 0.6 is 12.4 Å². The van der Waals surface area contributed by atoms with Crippen LogP contribution in [0.2, 0.25) is 0 Å². The smallest absolute Gasteiger partial charge is 0.387 e. The van der Waals surface area contributed by atoms with Gasteiger partial charge in [0.2, 0.25) is 5.91 Å². The van der Waals surface area contributed by atoms with E-state index < -0.39 is 12.7 Å². The molecule has 0 spiro atoms. The summed E-state index contributed by atoms with van der Waals surface area (Å²) in [5.41, 5.74) is 5.96. The van der Waals surface area contributed by atoms with Crippen molar-refractivity contribution in [2.45, 2.75) is 51.6 Å². The van der Waals surface area contributed by atoms with Gasteiger partial charge in [-0.3, -0.25) is 4.79 Å². The number of benzene rings is 1. The van der Waals surface area contributed by atoms with Crippen LogP contribution < -0.4 is 20.5 Å². The van der Waals surface area contributed by atoms with E-state index in [0.717, 1.165) is 12.8 Å². The van der Waals surface area contributed by atoms with E-state index in [1.54, 1.807) is 12.1 Å². The number of hydrogen-bond acceptors (Lipinski definition) is 5. The molecule has 0 bridgehead atoms. The molecule has 1 fully saturated rings. The Morgan fingerprint density at radius 3 is 2.81 bits per heavy atom. The Hall–Kier alpha value is -1.64. The molecule has 0 radical (unpaired) electrons. The van der Waals surface area contributed by atoms with E-state index in [2.05, 4.69) is 10.1 Å². The SMILES string of the molecule is CCCOc1ccc(CNC(=O)[C@@H]2CC[C@H](CN)O2)c(OC(F)F)c1.Cl. The van der Waals surface area contributed by atoms with Crippen molar-refractivity contribution in [2.75, 3.05) is 13.2 Å². The largest absolute Gasteiger partial charge is 0.493 e. The molecule has 148 valence electrons. The lowest BCUT2D eigenvalue weighted by atomic mass is 10.1. The Bertz CT molecular complexity index is 578. The molecule has 1 amide bonds. The van der Waals surface area contributed by atoms with E-state index in [1.807, 2.05) is 6.92 Å². The summed E-state index contributed by atoms with van der Waals surface area (Å²) in [5, 5.41) is 2.69. The molecule has 0 aliphatic carbocycles. The monoisotopic (exact) mass is 394 g/mol. The second kappa shape index (κ2) is 11.2. The standard InChI is InChI=1S/C17H24F2N2O4.ClH/c1-2-7-23-12-4-3-11(15(8-12)25-17(18)19)10-21-16(22)14-6-5-13(9-20)24-14;/h3-4,8,13-14,17H,2,5-7,9-10,20H2,1H3,(H,21,22);1H/t13-,14+;/m1./s1. The van der Waals surface area contributed by atoms with Gasteiger partial charge in [0.25, 0.3) is 0 Å². The molecule has 1 heterocycles. The summed E-state index contributed by atoms with van der Waals surface area (Å²) in [6, 6.07) is 4.66. The maximum atomic E-state index is 12.6. The number of carbonyl (C=O) groups excluding carboxylic acids is 1. The number of ether oxygens (including phenoxy) is 3. The lowest BCUT2D eigenvalue weighted by Gasteiger charge is -2.16. The Morgan fingerprint density at radius 2 is 2.19 bits per heavy atom. The molecule has 1 aliphatic heterocycles. The first-order chi connectivity index (χ1) is 12.0. The Kier molecular flexibility index (Phi) is 9.61. The summed E-state index contributed by atoms with van der Waals surface area (Å²) in [4.78, 5) is 12.1. The minimum absolute atomic E-state index is 0. The highest BCUT2D eigenvalue weighted by atomic mass is 35.5. The minimum Gasteiger partial charge on any atom is -0.493 e. The van der Waals surface area contributed by atoms with Crippen molar-refractivity contribution in [3.8, 4) is 11.5 Å². The summed E-state index contributed by atoms with van der Waals surface area (Å²) in [5.74, 6) is 0.138. The van der Waals surface area contributed by atoms with Crippen molar-refractivity contribution >= 4 is 18.3 Å². The Labute approximate surface area is 157 Å². The summed E-state index contributed by atoms with van der Waals surface area (Å²) < 4.78 is 40.7. The van der Waals surface area contributed by atoms with Gasteiger partial charge in [-0.05, 0) is 31.4 Å². The first-order valence-corrected chi connectivity index (χ1v) is 8.37. The molecule has 0 unspecified atom stereocenters. The summed E-state index contributed by atoms with van der Waals surface area (Å²) >= 11 is 0. The van der Waals surface area contributed by atoms with Gasteiger partial charge in [-0.1, -0.05) is 6.92 Å². The molecular formula is C17H25ClF2N2O4. The maximum absolute atomic E-state index is 12.6. The van der Waals surface area contributed by atoms with Gasteiger partial charge in [0.15, 0.2) is 0 Å². The van der Waals surface area contributed by atoms with Crippen LogP contribution in [0.3, 0.4) is 0 Å². The van der Waals surface area contributed by atoms with Crippen LogP contribution in [0.5, 0.6) is 11.5 Å². The number of alkyl halides is 2. The molecule has 1 saturated heterocycles. The topological polar surface area (TPSA) is 82.8 Å². The predicted octanol–water partition coefficient (Wildman–Crippen LogP) is 2.62. The van der Waals surface area contributed by atoms with Crippen LogP contribution in [0, 0.1) is 0 Å². The zero-order valence-electron chi connectivity index (χ0n) is 14.6. The van der Waals surface area contributed by atoms with Gasteiger partial charge in [0.05, 0.1) is 12.7 Å². The van der Waals surface area contributed by atoms with Gasteiger partial charge < -0.3 is 25.3 Å². The molecule has 1 aromatic carbocycles. The fraction of sp³-hybridized carbons (Fsp3) is 0.588. The van der Waals surface area contributed by atoms with Crippen molar-refractivity contribution in [3.05, 3.63) is 23.8 Å². The van der Waals surface area contributed by atoms with Gasteiger partial charge in [0, 0.05) is 24.7 Å². The Morgan fingerprint density at radius 1 is 1.42 bits per heavy atom. The molecule has 26 heavy (non-hydrogen) atoms. The second-order valence-corrected chi connectivity index (χ2v) is 5.77. The molecule has 0 aromatic heterocycles. The molecule has 0 saturated carbocycles. The second-order valence-electron chi connectivity index (χ2n) is 5.77. The third-order valence-electron chi connectivity index (χ3n) is 3.84. The lowest BCUT2D eigenvalue weighted by Crippen LogP contribution is -2.35. The average Bonchev–Trinajstić information content (AvgIpc) is 3.07. The first kappa shape index (κ1) is 22.4. The number of carbonyl (C=O) groups is 1. The third kappa shape index (κ3) is 6.59. The molecular weight excluding hydrogens is 370 g/mol. The van der Waals surface area contributed by atoms with Gasteiger partial charge in [-0.15, -0.1) is 12.4 Å². The van der Waals surface area contributed by atoms with Crippen molar-refractivity contribution in [1.29, 1.82) is 0 Å². The van der Waals surface area contributed by atoms with Crippen LogP contribution in [-0.4, -0.2) is 37.9 Å². The fourth-order valence-electron chi connectivity index (χ4n) is 2.56. The minimum atomic E-state index is -2.96. The van der Waals surface area contributed by atoms with E-state index in [1.165, 1.54) is 6.07 Å². The molecule has 6 nitrogen and oxygen atoms in total. The number of hydrogen-bond donors (Lipinski definition) is 2. The summed E-state index contributed by atoms with van der Waals surface area (Å²) in [7, 11) is 0. The molecule has 9 heteroatoms. The number of amides is 1. The number of nitrogens with two attached hydrogens (primary N) is 1. The number of halogens is 3. The molecule has 2 atom stereocenters. The van der Waals surface area contributed by atoms with Crippen molar-refractivity contribution in [1.82, 2.24) is 5.32 Å². The maximum Gasteiger partial charge on any atom is 0.387 e. The van der Waals surface area contributed by atoms with Crippen LogP contribution in [0.4, 0.5) is 8.78 Å². The quantitative estimate of drug-likeness (QED) is 0.672. The van der Waals surface area contributed by atoms with Gasteiger partial charge in [0.1, 0.15) is 17.6 Å². The van der Waals surface area contributed by atoms with Crippen molar-refractivity contribution in [2.24, 2.45) is 5.73 Å².